The van der Waals surface area contributed by atoms with Crippen molar-refractivity contribution in [2.45, 2.75) is 13.0 Å². The molecule has 0 radical (unpaired) electrons. The van der Waals surface area contributed by atoms with Crippen molar-refractivity contribution in [1.29, 1.82) is 0 Å². The summed E-state index contributed by atoms with van der Waals surface area (Å²) in [5, 5.41) is 6.87. The van der Waals surface area contributed by atoms with E-state index < -0.39 is 0 Å². The average Bonchev–Trinajstić information content (AvgIpc) is 3.36. The Labute approximate surface area is 225 Å². The molecule has 0 spiro atoms. The lowest BCUT2D eigenvalue weighted by molar-refractivity contribution is 0.312. The Morgan fingerprint density at radius 1 is 1.06 bits per heavy atom. The molecule has 3 N–H and O–H groups in total. The number of guanidine groups is 1. The summed E-state index contributed by atoms with van der Waals surface area (Å²) in [6.07, 6.45) is 0.868. The molecule has 186 valence electrons. The van der Waals surface area contributed by atoms with Crippen LogP contribution < -0.4 is 20.7 Å². The molecular weight excluding hydrogens is 513 g/mol. The van der Waals surface area contributed by atoms with Crippen LogP contribution in [0, 0.1) is 0 Å². The van der Waals surface area contributed by atoms with E-state index in [0.717, 1.165) is 41.2 Å². The summed E-state index contributed by atoms with van der Waals surface area (Å²) in [6.45, 7) is 1.96. The van der Waals surface area contributed by atoms with Gasteiger partial charge in [0.25, 0.3) is 0 Å². The molecule has 9 heteroatoms. The molecule has 36 heavy (non-hydrogen) atoms. The average molecular weight is 541 g/mol. The van der Waals surface area contributed by atoms with Crippen molar-refractivity contribution in [1.82, 2.24) is 4.98 Å². The van der Waals surface area contributed by atoms with E-state index in [-0.39, 0.29) is 0 Å². The minimum atomic E-state index is 0.341. The van der Waals surface area contributed by atoms with Crippen LogP contribution in [0.1, 0.15) is 12.0 Å². The third kappa shape index (κ3) is 7.37. The second-order valence-electron chi connectivity index (χ2n) is 8.10. The first-order valence-electron chi connectivity index (χ1n) is 11.4. The van der Waals surface area contributed by atoms with Crippen molar-refractivity contribution in [3.8, 4) is 17.0 Å². The van der Waals surface area contributed by atoms with Gasteiger partial charge in [0.2, 0.25) is 0 Å². The highest BCUT2D eigenvalue weighted by Gasteiger charge is 2.07. The molecule has 0 saturated heterocycles. The molecule has 0 unspecified atom stereocenters. The van der Waals surface area contributed by atoms with Crippen LogP contribution in [0.4, 0.5) is 10.8 Å². The van der Waals surface area contributed by atoms with Gasteiger partial charge in [-0.15, -0.1) is 11.3 Å². The Morgan fingerprint density at radius 3 is 2.58 bits per heavy atom. The number of rotatable bonds is 10. The fourth-order valence-electron chi connectivity index (χ4n) is 3.44. The van der Waals surface area contributed by atoms with E-state index in [4.69, 9.17) is 33.7 Å². The fraction of sp³-hybridized carbons (Fsp3) is 0.185. The predicted octanol–water partition coefficient (Wildman–Crippen LogP) is 6.95. The zero-order valence-corrected chi connectivity index (χ0v) is 22.2. The van der Waals surface area contributed by atoms with Gasteiger partial charge in [-0.05, 0) is 54.4 Å². The van der Waals surface area contributed by atoms with Crippen LogP contribution in [0.5, 0.6) is 5.75 Å². The molecule has 0 aliphatic carbocycles. The second kappa shape index (κ2) is 12.6. The number of hydrogen-bond donors (Lipinski definition) is 2. The Morgan fingerprint density at radius 2 is 1.83 bits per heavy atom. The van der Waals surface area contributed by atoms with Gasteiger partial charge in [-0.3, -0.25) is 0 Å². The van der Waals surface area contributed by atoms with E-state index in [0.29, 0.717) is 34.3 Å². The molecule has 0 amide bonds. The molecule has 4 aromatic rings. The fourth-order valence-corrected chi connectivity index (χ4v) is 4.46. The third-order valence-electron chi connectivity index (χ3n) is 5.41. The first kappa shape index (κ1) is 25.8. The molecule has 3 aromatic carbocycles. The summed E-state index contributed by atoms with van der Waals surface area (Å²) in [7, 11) is 2.02. The van der Waals surface area contributed by atoms with E-state index in [1.54, 1.807) is 0 Å². The minimum Gasteiger partial charge on any atom is -0.494 e. The number of anilines is 2. The number of halogens is 2. The summed E-state index contributed by atoms with van der Waals surface area (Å²) < 4.78 is 5.91. The molecule has 0 aliphatic rings. The van der Waals surface area contributed by atoms with Crippen LogP contribution in [-0.2, 0) is 6.54 Å². The lowest BCUT2D eigenvalue weighted by Gasteiger charge is -2.19. The first-order valence-corrected chi connectivity index (χ1v) is 13.1. The highest BCUT2D eigenvalue weighted by molar-refractivity contribution is 7.14. The molecule has 1 heterocycles. The molecule has 0 aliphatic heterocycles. The number of hydrogen-bond acceptors (Lipinski definition) is 5. The zero-order chi connectivity index (χ0) is 25.3. The van der Waals surface area contributed by atoms with Gasteiger partial charge >= 0.3 is 0 Å². The Bertz CT molecular complexity index is 1300. The van der Waals surface area contributed by atoms with E-state index in [2.05, 4.69) is 20.2 Å². The van der Waals surface area contributed by atoms with Gasteiger partial charge in [0, 0.05) is 30.2 Å². The molecule has 1 aromatic heterocycles. The van der Waals surface area contributed by atoms with E-state index >= 15 is 0 Å². The van der Waals surface area contributed by atoms with Crippen molar-refractivity contribution in [3.05, 3.63) is 93.8 Å². The molecule has 0 saturated carbocycles. The summed E-state index contributed by atoms with van der Waals surface area (Å²) in [5.74, 6) is 1.16. The molecule has 0 bridgehead atoms. The van der Waals surface area contributed by atoms with Crippen molar-refractivity contribution < 1.29 is 4.74 Å². The molecular formula is C27H27Cl2N5OS. The first-order chi connectivity index (χ1) is 17.5. The van der Waals surface area contributed by atoms with Gasteiger partial charge in [0.15, 0.2) is 11.1 Å². The van der Waals surface area contributed by atoms with Crippen LogP contribution in [-0.4, -0.2) is 31.1 Å². The summed E-state index contributed by atoms with van der Waals surface area (Å²) in [4.78, 5) is 11.1. The number of thiazole rings is 1. The SMILES string of the molecule is CN(CCCOc1ccc(-c2csc(NC(N)=NCc3ccccc3)n2)cc1)c1ccc(Cl)c(Cl)c1. The number of nitrogens with two attached hydrogens (primary N) is 1. The maximum absolute atomic E-state index is 6.11. The molecule has 4 rings (SSSR count). The standard InChI is InChI=1S/C27H27Cl2N5OS/c1-34(21-10-13-23(28)24(29)16-21)14-5-15-35-22-11-8-20(9-12-22)25-18-36-27(32-25)33-26(30)31-17-19-6-3-2-4-7-19/h2-4,6-13,16,18H,5,14-15,17H2,1H3,(H3,30,31,32,33). The molecule has 0 fully saturated rings. The second-order valence-corrected chi connectivity index (χ2v) is 9.77. The maximum Gasteiger partial charge on any atom is 0.195 e. The smallest absolute Gasteiger partial charge is 0.195 e. The highest BCUT2D eigenvalue weighted by atomic mass is 35.5. The van der Waals surface area contributed by atoms with Gasteiger partial charge in [0.1, 0.15) is 5.75 Å². The maximum atomic E-state index is 6.11. The van der Waals surface area contributed by atoms with Crippen LogP contribution in [0.25, 0.3) is 11.3 Å². The van der Waals surface area contributed by atoms with Gasteiger partial charge in [-0.1, -0.05) is 53.5 Å². The van der Waals surface area contributed by atoms with Crippen molar-refractivity contribution >= 4 is 51.3 Å². The summed E-state index contributed by atoms with van der Waals surface area (Å²) in [5.41, 5.74) is 10.0. The number of ether oxygens (including phenoxy) is 1. The predicted molar refractivity (Wildman–Crippen MR) is 153 cm³/mol. The van der Waals surface area contributed by atoms with E-state index in [1.807, 2.05) is 85.2 Å². The molecule has 6 nitrogen and oxygen atoms in total. The van der Waals surface area contributed by atoms with Gasteiger partial charge < -0.3 is 20.7 Å². The monoisotopic (exact) mass is 539 g/mol. The largest absolute Gasteiger partial charge is 0.494 e. The Hall–Kier alpha value is -3.26. The van der Waals surface area contributed by atoms with Gasteiger partial charge in [-0.25, -0.2) is 9.98 Å². The van der Waals surface area contributed by atoms with Crippen LogP contribution >= 0.6 is 34.5 Å². The zero-order valence-electron chi connectivity index (χ0n) is 19.8. The lowest BCUT2D eigenvalue weighted by Crippen LogP contribution is -2.22. The normalized spacial score (nSPS) is 11.4. The quantitative estimate of drug-likeness (QED) is 0.129. The van der Waals surface area contributed by atoms with E-state index in [1.165, 1.54) is 11.3 Å². The number of nitrogens with one attached hydrogen (secondary N) is 1. The van der Waals surface area contributed by atoms with Crippen molar-refractivity contribution in [2.24, 2.45) is 10.7 Å². The van der Waals surface area contributed by atoms with E-state index in [9.17, 15) is 0 Å². The Kier molecular flexibility index (Phi) is 9.06. The minimum absolute atomic E-state index is 0.341. The summed E-state index contributed by atoms with van der Waals surface area (Å²) in [6, 6.07) is 23.5. The van der Waals surface area contributed by atoms with Gasteiger partial charge in [0.05, 0.1) is 28.9 Å². The van der Waals surface area contributed by atoms with Gasteiger partial charge in [-0.2, -0.15) is 0 Å². The third-order valence-corrected chi connectivity index (χ3v) is 6.91. The molecule has 0 atom stereocenters. The topological polar surface area (TPSA) is 75.8 Å². The number of benzene rings is 3. The van der Waals surface area contributed by atoms with Crippen LogP contribution in [0.3, 0.4) is 0 Å². The summed E-state index contributed by atoms with van der Waals surface area (Å²) >= 11 is 13.6. The number of aromatic nitrogens is 1. The highest BCUT2D eigenvalue weighted by Crippen LogP contribution is 2.28. The van der Waals surface area contributed by atoms with Crippen molar-refractivity contribution in [2.75, 3.05) is 30.4 Å². The lowest BCUT2D eigenvalue weighted by atomic mass is 10.2. The number of aliphatic imine (C=N–C) groups is 1. The van der Waals surface area contributed by atoms with Crippen LogP contribution in [0.2, 0.25) is 10.0 Å². The number of nitrogens with zero attached hydrogens (tertiary/aromatic N) is 3. The Balaban J connectivity index is 1.23. The van der Waals surface area contributed by atoms with Crippen LogP contribution in [0.15, 0.2) is 83.2 Å². The van der Waals surface area contributed by atoms with Crippen molar-refractivity contribution in [3.63, 3.8) is 0 Å².